The Morgan fingerprint density at radius 2 is 0.875 bits per heavy atom. The van der Waals surface area contributed by atoms with Crippen molar-refractivity contribution < 1.29 is 24.2 Å². The summed E-state index contributed by atoms with van der Waals surface area (Å²) < 4.78 is 6.02. The second-order valence-corrected chi connectivity index (χ2v) is 14.9. The Labute approximate surface area is 344 Å². The van der Waals surface area contributed by atoms with Gasteiger partial charge in [0.05, 0.1) is 0 Å². The highest BCUT2D eigenvalue weighted by molar-refractivity contribution is 5.80. The van der Waals surface area contributed by atoms with Gasteiger partial charge in [0.15, 0.2) is 0 Å². The van der Waals surface area contributed by atoms with Gasteiger partial charge in [0, 0.05) is 12.8 Å². The van der Waals surface area contributed by atoms with Gasteiger partial charge >= 0.3 is 11.9 Å². The molecule has 1 amide bonds. The van der Waals surface area contributed by atoms with Crippen molar-refractivity contribution in [2.45, 2.75) is 206 Å². The minimum absolute atomic E-state index is 0.0255. The van der Waals surface area contributed by atoms with E-state index in [0.717, 1.165) is 122 Å². The molecule has 1 atom stereocenters. The highest BCUT2D eigenvalue weighted by atomic mass is 16.5. The first-order valence-electron chi connectivity index (χ1n) is 22.7. The summed E-state index contributed by atoms with van der Waals surface area (Å²) in [5.41, 5.74) is 0. The van der Waals surface area contributed by atoms with Gasteiger partial charge in [-0.25, -0.2) is 0 Å². The molecule has 0 saturated heterocycles. The predicted octanol–water partition coefficient (Wildman–Crippen LogP) is 14.3. The smallest absolute Gasteiger partial charge is 0.322 e. The summed E-state index contributed by atoms with van der Waals surface area (Å²) in [4.78, 5) is 35.1. The first kappa shape index (κ1) is 52.6. The van der Waals surface area contributed by atoms with Crippen molar-refractivity contribution in [1.29, 1.82) is 0 Å². The number of hydrogen-bond acceptors (Lipinski definition) is 4. The third kappa shape index (κ3) is 43.3. The van der Waals surface area contributed by atoms with E-state index in [1.807, 2.05) is 0 Å². The normalized spacial score (nSPS) is 12.9. The number of unbranched alkanes of at least 4 members (excludes halogenated alkanes) is 15. The lowest BCUT2D eigenvalue weighted by molar-refractivity contribution is -0.150. The van der Waals surface area contributed by atoms with E-state index in [1.54, 1.807) is 0 Å². The van der Waals surface area contributed by atoms with Gasteiger partial charge in [0.2, 0.25) is 5.91 Å². The van der Waals surface area contributed by atoms with Crippen LogP contribution in [0.3, 0.4) is 0 Å². The molecule has 0 radical (unpaired) electrons. The van der Waals surface area contributed by atoms with Crippen molar-refractivity contribution in [1.82, 2.24) is 5.32 Å². The molecule has 6 heteroatoms. The van der Waals surface area contributed by atoms with Crippen molar-refractivity contribution in [3.8, 4) is 0 Å². The number of carbonyl (C=O) groups is 3. The number of allylic oxidation sites excluding steroid dienone is 14. The third-order valence-corrected chi connectivity index (χ3v) is 9.55. The van der Waals surface area contributed by atoms with Crippen LogP contribution in [0, 0.1) is 0 Å². The van der Waals surface area contributed by atoms with Crippen LogP contribution in [0.4, 0.5) is 0 Å². The lowest BCUT2D eigenvalue weighted by Gasteiger charge is -2.18. The van der Waals surface area contributed by atoms with Crippen LogP contribution in [-0.4, -0.2) is 35.6 Å². The summed E-state index contributed by atoms with van der Waals surface area (Å²) in [5.74, 6) is -1.28. The summed E-state index contributed by atoms with van der Waals surface area (Å²) in [7, 11) is 0. The number of carbonyl (C=O) groups excluding carboxylic acids is 2. The summed E-state index contributed by atoms with van der Waals surface area (Å²) in [5, 5.41) is 11.1. The molecular weight excluding hydrogens is 695 g/mol. The molecule has 2 N–H and O–H groups in total. The quantitative estimate of drug-likeness (QED) is 0.0367. The molecule has 0 fully saturated rings. The van der Waals surface area contributed by atoms with Gasteiger partial charge in [0.1, 0.15) is 12.6 Å². The monoisotopic (exact) mass is 778 g/mol. The molecule has 0 aliphatic rings. The molecule has 0 aliphatic heterocycles. The number of aliphatic carboxylic acids is 1. The van der Waals surface area contributed by atoms with Crippen molar-refractivity contribution >= 4 is 17.8 Å². The van der Waals surface area contributed by atoms with Crippen LogP contribution in [0.25, 0.3) is 0 Å². The molecule has 0 aromatic rings. The average Bonchev–Trinajstić information content (AvgIpc) is 3.18. The molecule has 0 aromatic heterocycles. The summed E-state index contributed by atoms with van der Waals surface area (Å²) >= 11 is 0. The molecule has 1 unspecified atom stereocenters. The maximum atomic E-state index is 12.8. The number of amides is 1. The van der Waals surface area contributed by atoms with Gasteiger partial charge in [-0.2, -0.15) is 0 Å². The van der Waals surface area contributed by atoms with Crippen LogP contribution in [0.2, 0.25) is 0 Å². The standard InChI is InChI=1S/C50H83NO5/c1-3-5-7-9-11-13-15-17-19-20-21-22-24-26-28-30-32-37-41-45-50(55)56-47(43-39-35-33-36-40-44-48(52)51-46-49(53)54)42-38-34-31-29-27-25-23-18-16-14-12-10-8-6-4-2/h6,8,11-14,17-19,21-23,27,29,47H,3-5,7,9-10,15-16,20,24-26,28,30-46H2,1-2H3,(H,51,52)(H,53,54)/b8-6-,13-11-,14-12-,19-17-,22-21-,23-18-,29-27-. The van der Waals surface area contributed by atoms with Gasteiger partial charge in [-0.3, -0.25) is 14.4 Å². The fraction of sp³-hybridized carbons (Fsp3) is 0.660. The first-order chi connectivity index (χ1) is 27.5. The van der Waals surface area contributed by atoms with Gasteiger partial charge < -0.3 is 15.2 Å². The molecule has 0 saturated carbocycles. The van der Waals surface area contributed by atoms with Gasteiger partial charge in [-0.1, -0.05) is 157 Å². The Balaban J connectivity index is 4.29. The summed E-state index contributed by atoms with van der Waals surface area (Å²) in [6.45, 7) is 4.08. The molecule has 0 rings (SSSR count). The van der Waals surface area contributed by atoms with Gasteiger partial charge in [0.25, 0.3) is 0 Å². The number of carboxylic acid groups (broad SMARTS) is 1. The maximum absolute atomic E-state index is 12.8. The zero-order valence-corrected chi connectivity index (χ0v) is 36.0. The molecule has 6 nitrogen and oxygen atoms in total. The number of hydrogen-bond donors (Lipinski definition) is 2. The Morgan fingerprint density at radius 1 is 0.482 bits per heavy atom. The SMILES string of the molecule is CC/C=C\C/C=C\C/C=C\C/C=C\CCCCC(CCCCCCCC(=O)NCC(=O)O)OC(=O)CCCCCCCC/C=C\C/C=C\C/C=C\CCCCC. The Hall–Kier alpha value is -3.41. The highest BCUT2D eigenvalue weighted by Crippen LogP contribution is 2.18. The molecule has 0 bridgehead atoms. The van der Waals surface area contributed by atoms with Crippen LogP contribution in [0.5, 0.6) is 0 Å². The van der Waals surface area contributed by atoms with E-state index in [9.17, 15) is 14.4 Å². The fourth-order valence-electron chi connectivity index (χ4n) is 6.22. The summed E-state index contributed by atoms with van der Waals surface area (Å²) in [6.07, 6.45) is 61.3. The maximum Gasteiger partial charge on any atom is 0.322 e. The van der Waals surface area contributed by atoms with E-state index in [-0.39, 0.29) is 24.5 Å². The Kier molecular flexibility index (Phi) is 41.6. The topological polar surface area (TPSA) is 92.7 Å². The van der Waals surface area contributed by atoms with Crippen LogP contribution in [-0.2, 0) is 19.1 Å². The Bertz CT molecular complexity index is 1130. The largest absolute Gasteiger partial charge is 0.480 e. The molecule has 318 valence electrons. The fourth-order valence-corrected chi connectivity index (χ4v) is 6.22. The highest BCUT2D eigenvalue weighted by Gasteiger charge is 2.14. The van der Waals surface area contributed by atoms with Crippen molar-refractivity contribution in [3.05, 3.63) is 85.1 Å². The van der Waals surface area contributed by atoms with E-state index in [1.165, 1.54) is 51.4 Å². The van der Waals surface area contributed by atoms with Gasteiger partial charge in [-0.05, 0) is 116 Å². The van der Waals surface area contributed by atoms with Crippen molar-refractivity contribution in [2.75, 3.05) is 6.54 Å². The Morgan fingerprint density at radius 3 is 1.38 bits per heavy atom. The molecule has 0 aliphatic carbocycles. The lowest BCUT2D eigenvalue weighted by Crippen LogP contribution is -2.28. The first-order valence-corrected chi connectivity index (χ1v) is 22.7. The zero-order valence-electron chi connectivity index (χ0n) is 36.0. The van der Waals surface area contributed by atoms with E-state index < -0.39 is 5.97 Å². The number of rotatable bonds is 40. The van der Waals surface area contributed by atoms with Crippen LogP contribution in [0.1, 0.15) is 200 Å². The molecule has 56 heavy (non-hydrogen) atoms. The van der Waals surface area contributed by atoms with Crippen molar-refractivity contribution in [3.63, 3.8) is 0 Å². The van der Waals surface area contributed by atoms with E-state index in [4.69, 9.17) is 9.84 Å². The zero-order chi connectivity index (χ0) is 40.8. The van der Waals surface area contributed by atoms with Crippen LogP contribution in [0.15, 0.2) is 85.1 Å². The number of carboxylic acids is 1. The summed E-state index contributed by atoms with van der Waals surface area (Å²) in [6, 6.07) is 0. The van der Waals surface area contributed by atoms with E-state index in [0.29, 0.717) is 12.8 Å². The number of nitrogens with one attached hydrogen (secondary N) is 1. The minimum atomic E-state index is -1.02. The average molecular weight is 778 g/mol. The number of esters is 1. The van der Waals surface area contributed by atoms with Crippen molar-refractivity contribution in [2.24, 2.45) is 0 Å². The van der Waals surface area contributed by atoms with Gasteiger partial charge in [-0.15, -0.1) is 0 Å². The lowest BCUT2D eigenvalue weighted by atomic mass is 10.0. The minimum Gasteiger partial charge on any atom is -0.480 e. The molecule has 0 heterocycles. The van der Waals surface area contributed by atoms with Crippen LogP contribution < -0.4 is 5.32 Å². The second kappa shape index (κ2) is 44.3. The van der Waals surface area contributed by atoms with Crippen LogP contribution >= 0.6 is 0 Å². The predicted molar refractivity (Wildman–Crippen MR) is 240 cm³/mol. The second-order valence-electron chi connectivity index (χ2n) is 14.9. The number of ether oxygens (including phenoxy) is 1. The van der Waals surface area contributed by atoms with E-state index >= 15 is 0 Å². The molecular formula is C50H83NO5. The van der Waals surface area contributed by atoms with E-state index in [2.05, 4.69) is 104 Å². The molecule has 0 aromatic carbocycles. The molecule has 0 spiro atoms. The third-order valence-electron chi connectivity index (χ3n) is 9.55.